The number of hydrogen-bond acceptors (Lipinski definition) is 6. The molecule has 0 atom stereocenters. The number of rotatable bonds is 9. The zero-order valence-electron chi connectivity index (χ0n) is 26.6. The number of likely N-dealkylation sites (N-methyl/N-ethyl adjacent to an activating group) is 1. The van der Waals surface area contributed by atoms with Crippen molar-refractivity contribution in [3.05, 3.63) is 71.1 Å². The molecule has 0 unspecified atom stereocenters. The van der Waals surface area contributed by atoms with Gasteiger partial charge in [0.25, 0.3) is 0 Å². The van der Waals surface area contributed by atoms with Gasteiger partial charge in [-0.15, -0.1) is 0 Å². The highest BCUT2D eigenvalue weighted by Gasteiger charge is 2.16. The molecule has 0 radical (unpaired) electrons. The van der Waals surface area contributed by atoms with Crippen LogP contribution in [0.2, 0.25) is 0 Å². The quantitative estimate of drug-likeness (QED) is 0.462. The SMILES string of the molecule is [2H]/C(=C\C(=O)Cc1c(OC([2H])([2H])C)c([2H])c2nc([2H])c(C#N)c(Nc3ccc(F)c(C)c3)c2c1[2H])C([2H])([2H])N(C)C. The van der Waals surface area contributed by atoms with E-state index in [1.54, 1.807) is 0 Å². The summed E-state index contributed by atoms with van der Waals surface area (Å²) in [6.07, 6.45) is -0.488. The number of allylic oxidation sites excluding steroid dienone is 1. The second-order valence-electron chi connectivity index (χ2n) is 7.20. The molecular formula is C26H27FN4O2. The van der Waals surface area contributed by atoms with Crippen LogP contribution >= 0.6 is 0 Å². The highest BCUT2D eigenvalue weighted by Crippen LogP contribution is 2.34. The van der Waals surface area contributed by atoms with Gasteiger partial charge in [0.05, 0.1) is 31.6 Å². The summed E-state index contributed by atoms with van der Waals surface area (Å²) in [7, 11) is 2.77. The van der Waals surface area contributed by atoms with Crippen LogP contribution in [0.1, 0.15) is 34.6 Å². The lowest BCUT2D eigenvalue weighted by molar-refractivity contribution is -0.114. The number of carbonyl (C=O) groups excluding carboxylic acids is 1. The van der Waals surface area contributed by atoms with Gasteiger partial charge in [0.1, 0.15) is 17.6 Å². The predicted molar refractivity (Wildman–Crippen MR) is 128 cm³/mol. The van der Waals surface area contributed by atoms with E-state index in [9.17, 15) is 14.4 Å². The van der Waals surface area contributed by atoms with Crippen LogP contribution in [0.3, 0.4) is 0 Å². The Hall–Kier alpha value is -3.76. The molecule has 0 bridgehead atoms. The molecule has 33 heavy (non-hydrogen) atoms. The summed E-state index contributed by atoms with van der Waals surface area (Å²) in [6, 6.07) is 4.15. The molecule has 1 N–H and O–H groups in total. The Labute approximate surface area is 204 Å². The van der Waals surface area contributed by atoms with Gasteiger partial charge in [0.15, 0.2) is 5.78 Å². The van der Waals surface area contributed by atoms with Crippen molar-refractivity contribution in [1.29, 1.82) is 5.26 Å². The first-order chi connectivity index (χ1) is 18.9. The lowest BCUT2D eigenvalue weighted by atomic mass is 10.0. The third kappa shape index (κ3) is 5.93. The van der Waals surface area contributed by atoms with Crippen LogP contribution in [0.4, 0.5) is 15.8 Å². The van der Waals surface area contributed by atoms with Gasteiger partial charge < -0.3 is 15.0 Å². The molecule has 3 aromatic rings. The van der Waals surface area contributed by atoms with Gasteiger partial charge in [0.2, 0.25) is 0 Å². The molecule has 1 heterocycles. The minimum absolute atomic E-state index is 0.104. The maximum absolute atomic E-state index is 13.9. The van der Waals surface area contributed by atoms with Crippen molar-refractivity contribution in [1.82, 2.24) is 9.88 Å². The lowest BCUT2D eigenvalue weighted by Crippen LogP contribution is -2.11. The second-order valence-corrected chi connectivity index (χ2v) is 7.20. The van der Waals surface area contributed by atoms with E-state index in [-0.39, 0.29) is 33.3 Å². The minimum Gasteiger partial charge on any atom is -0.494 e. The number of ether oxygens (including phenoxy) is 1. The third-order valence-electron chi connectivity index (χ3n) is 4.41. The number of ketones is 1. The number of hydrogen-bond donors (Lipinski definition) is 1. The number of carbonyl (C=O) groups is 1. The van der Waals surface area contributed by atoms with Crippen molar-refractivity contribution in [2.24, 2.45) is 0 Å². The smallest absolute Gasteiger partial charge is 0.159 e. The Morgan fingerprint density at radius 3 is 2.91 bits per heavy atom. The maximum Gasteiger partial charge on any atom is 0.159 e. The largest absolute Gasteiger partial charge is 0.494 e. The molecule has 170 valence electrons. The number of nitrogens with one attached hydrogen (secondary N) is 1. The lowest BCUT2D eigenvalue weighted by Gasteiger charge is -2.15. The van der Waals surface area contributed by atoms with Gasteiger partial charge in [-0.25, -0.2) is 4.39 Å². The van der Waals surface area contributed by atoms with Crippen LogP contribution in [0.5, 0.6) is 5.75 Å². The maximum atomic E-state index is 13.9. The Morgan fingerprint density at radius 2 is 2.24 bits per heavy atom. The molecule has 2 aromatic carbocycles. The van der Waals surface area contributed by atoms with Gasteiger partial charge in [-0.05, 0) is 63.8 Å². The number of fused-ring (bicyclic) bond motifs is 1. The van der Waals surface area contributed by atoms with Crippen molar-refractivity contribution in [2.75, 3.05) is 32.5 Å². The number of nitrogens with zero attached hydrogens (tertiary/aromatic N) is 3. The fourth-order valence-corrected chi connectivity index (χ4v) is 2.92. The normalized spacial score (nSPS) is 15.8. The van der Waals surface area contributed by atoms with E-state index in [2.05, 4.69) is 10.3 Å². The van der Waals surface area contributed by atoms with Gasteiger partial charge >= 0.3 is 0 Å². The Balaban J connectivity index is 2.35. The van der Waals surface area contributed by atoms with Crippen LogP contribution < -0.4 is 10.1 Å². The molecule has 0 saturated heterocycles. The van der Waals surface area contributed by atoms with Crippen LogP contribution in [0.15, 0.2) is 48.6 Å². The van der Waals surface area contributed by atoms with Gasteiger partial charge in [-0.3, -0.25) is 9.78 Å². The molecular weight excluding hydrogens is 419 g/mol. The molecule has 0 aliphatic rings. The summed E-state index contributed by atoms with van der Waals surface area (Å²) in [6.45, 7) is -2.09. The van der Waals surface area contributed by atoms with Crippen molar-refractivity contribution >= 4 is 28.1 Å². The highest BCUT2D eigenvalue weighted by molar-refractivity contribution is 5.98. The number of pyridine rings is 1. The molecule has 0 spiro atoms. The Morgan fingerprint density at radius 1 is 1.45 bits per heavy atom. The fourth-order valence-electron chi connectivity index (χ4n) is 2.92. The number of aryl methyl sites for hydroxylation is 1. The van der Waals surface area contributed by atoms with Crippen molar-refractivity contribution < 1.29 is 24.9 Å². The Bertz CT molecular complexity index is 1610. The molecule has 3 rings (SSSR count). The monoisotopic (exact) mass is 454 g/mol. The van der Waals surface area contributed by atoms with Crippen molar-refractivity contribution in [3.8, 4) is 11.8 Å². The van der Waals surface area contributed by atoms with E-state index in [0.29, 0.717) is 5.69 Å². The molecule has 0 fully saturated rings. The summed E-state index contributed by atoms with van der Waals surface area (Å²) in [5.74, 6) is -1.81. The number of halogens is 1. The molecule has 1 aromatic heterocycles. The van der Waals surface area contributed by atoms with Gasteiger partial charge in [0, 0.05) is 44.5 Å². The summed E-state index contributed by atoms with van der Waals surface area (Å²) >= 11 is 0. The molecule has 0 aliphatic heterocycles. The average molecular weight is 455 g/mol. The second kappa shape index (κ2) is 10.7. The van der Waals surface area contributed by atoms with E-state index >= 15 is 0 Å². The first-order valence-corrected chi connectivity index (χ1v) is 9.86. The zero-order valence-corrected chi connectivity index (χ0v) is 18.6. The van der Waals surface area contributed by atoms with Crippen molar-refractivity contribution in [2.45, 2.75) is 20.3 Å². The topological polar surface area (TPSA) is 78.2 Å². The van der Waals surface area contributed by atoms with E-state index in [1.165, 1.54) is 39.2 Å². The van der Waals surface area contributed by atoms with E-state index in [0.717, 1.165) is 17.9 Å². The third-order valence-corrected chi connectivity index (χ3v) is 4.41. The molecule has 0 saturated carbocycles. The summed E-state index contributed by atoms with van der Waals surface area (Å²) in [4.78, 5) is 18.1. The Kier molecular flexibility index (Phi) is 4.91. The molecule has 0 amide bonds. The molecule has 0 aliphatic carbocycles. The predicted octanol–water partition coefficient (Wildman–Crippen LogP) is 4.93. The minimum atomic E-state index is -2.37. The van der Waals surface area contributed by atoms with Crippen LogP contribution in [0, 0.1) is 24.1 Å². The summed E-state index contributed by atoms with van der Waals surface area (Å²) in [5.41, 5.74) is -0.378. The van der Waals surface area contributed by atoms with Crippen LogP contribution in [-0.2, 0) is 11.2 Å². The highest BCUT2D eigenvalue weighted by atomic mass is 19.1. The van der Waals surface area contributed by atoms with Gasteiger partial charge in [-0.1, -0.05) is 6.05 Å². The van der Waals surface area contributed by atoms with Gasteiger partial charge in [-0.2, -0.15) is 5.26 Å². The van der Waals surface area contributed by atoms with Crippen LogP contribution in [-0.4, -0.2) is 42.8 Å². The van der Waals surface area contributed by atoms with E-state index in [1.807, 2.05) is 6.07 Å². The number of nitriles is 1. The standard InChI is InChI=1S/C26H27FN4O2/c1-5-33-25-14-24-22(13-18(25)12-21(32)7-6-10-31(3)4)26(19(15-28)16-29-24)30-20-8-9-23(27)17(2)11-20/h6-9,11,13-14,16H,5,10,12H2,1-4H3,(H,29,30)/b7-6+/i5D2,6D,10D2,13D,14D,16D. The fraction of sp³-hybridized carbons (Fsp3) is 0.269. The van der Waals surface area contributed by atoms with Crippen molar-refractivity contribution in [3.63, 3.8) is 0 Å². The first-order valence-electron chi connectivity index (χ1n) is 13.9. The van der Waals surface area contributed by atoms with E-state index in [4.69, 9.17) is 15.7 Å². The number of benzene rings is 2. The average Bonchev–Trinajstić information content (AvgIpc) is 2.85. The van der Waals surface area contributed by atoms with Crippen LogP contribution in [0.25, 0.3) is 10.9 Å². The molecule has 7 heteroatoms. The zero-order chi connectivity index (χ0) is 31.0. The first kappa shape index (κ1) is 15.1. The van der Waals surface area contributed by atoms with E-state index < -0.39 is 61.1 Å². The number of anilines is 2. The molecule has 6 nitrogen and oxygen atoms in total. The summed E-state index contributed by atoms with van der Waals surface area (Å²) in [5, 5.41) is 12.6. The summed E-state index contributed by atoms with van der Waals surface area (Å²) < 4.78 is 85.0. The number of aromatic nitrogens is 1.